The van der Waals surface area contributed by atoms with Crippen LogP contribution in [0, 0.1) is 18.3 Å². The Morgan fingerprint density at radius 3 is 2.52 bits per heavy atom. The highest BCUT2D eigenvalue weighted by atomic mass is 15.3. The van der Waals surface area contributed by atoms with Crippen LogP contribution in [0.4, 0.5) is 11.6 Å². The van der Waals surface area contributed by atoms with Crippen molar-refractivity contribution in [1.82, 2.24) is 14.4 Å². The fraction of sp³-hybridized carbons (Fsp3) is 0.240. The van der Waals surface area contributed by atoms with Crippen LogP contribution in [-0.4, -0.2) is 40.5 Å². The maximum atomic E-state index is 9.94. The predicted octanol–water partition coefficient (Wildman–Crippen LogP) is 4.12. The molecular formula is C25H24N6. The van der Waals surface area contributed by atoms with E-state index in [1.165, 1.54) is 0 Å². The first-order valence-electron chi connectivity index (χ1n) is 10.6. The average Bonchev–Trinajstić information content (AvgIpc) is 3.19. The largest absolute Gasteiger partial charge is 0.354 e. The van der Waals surface area contributed by atoms with Crippen LogP contribution in [0.3, 0.4) is 0 Å². The van der Waals surface area contributed by atoms with Crippen molar-refractivity contribution in [3.05, 3.63) is 78.0 Å². The Kier molecular flexibility index (Phi) is 4.79. The van der Waals surface area contributed by atoms with Gasteiger partial charge in [-0.05, 0) is 43.2 Å². The molecule has 31 heavy (non-hydrogen) atoms. The average molecular weight is 409 g/mol. The molecule has 0 atom stereocenters. The van der Waals surface area contributed by atoms with Crippen LogP contribution in [0.2, 0.25) is 0 Å². The van der Waals surface area contributed by atoms with E-state index in [2.05, 4.69) is 44.0 Å². The number of fused-ring (bicyclic) bond motifs is 3. The molecule has 0 saturated carbocycles. The lowest BCUT2D eigenvalue weighted by atomic mass is 10.0. The van der Waals surface area contributed by atoms with E-state index in [0.29, 0.717) is 12.0 Å². The Balaban J connectivity index is 1.66. The minimum atomic E-state index is 0.643. The quantitative estimate of drug-likeness (QED) is 0.476. The summed E-state index contributed by atoms with van der Waals surface area (Å²) in [5.41, 5.74) is 5.45. The molecule has 1 aliphatic heterocycles. The minimum absolute atomic E-state index is 0.643. The first-order chi connectivity index (χ1) is 15.2. The Labute approximate surface area is 181 Å². The molecule has 0 radical (unpaired) electrons. The number of hydrogen-bond acceptors (Lipinski definition) is 5. The number of nitrogens with zero attached hydrogens (tertiary/aromatic N) is 6. The van der Waals surface area contributed by atoms with Gasteiger partial charge in [-0.1, -0.05) is 24.3 Å². The number of aromatic nitrogens is 3. The number of rotatable bonds is 4. The number of anilines is 2. The lowest BCUT2D eigenvalue weighted by Gasteiger charge is -2.38. The van der Waals surface area contributed by atoms with Gasteiger partial charge in [0.25, 0.3) is 0 Å². The number of benzene rings is 1. The minimum Gasteiger partial charge on any atom is -0.354 e. The molecule has 1 fully saturated rings. The molecule has 5 rings (SSSR count). The molecule has 0 amide bonds. The zero-order valence-electron chi connectivity index (χ0n) is 17.6. The first-order valence-corrected chi connectivity index (χ1v) is 10.6. The van der Waals surface area contributed by atoms with Crippen LogP contribution in [0.5, 0.6) is 0 Å². The van der Waals surface area contributed by atoms with Gasteiger partial charge < -0.3 is 9.80 Å². The summed E-state index contributed by atoms with van der Waals surface area (Å²) >= 11 is 0. The Bertz CT molecular complexity index is 1310. The normalized spacial score (nSPS) is 14.2. The van der Waals surface area contributed by atoms with Crippen molar-refractivity contribution in [3.8, 4) is 6.07 Å². The molecule has 1 saturated heterocycles. The van der Waals surface area contributed by atoms with E-state index in [-0.39, 0.29) is 0 Å². The first kappa shape index (κ1) is 19.1. The van der Waals surface area contributed by atoms with Gasteiger partial charge in [-0.3, -0.25) is 4.40 Å². The van der Waals surface area contributed by atoms with E-state index in [4.69, 9.17) is 4.98 Å². The van der Waals surface area contributed by atoms with Gasteiger partial charge in [0.05, 0.1) is 16.6 Å². The van der Waals surface area contributed by atoms with E-state index in [0.717, 1.165) is 65.6 Å². The summed E-state index contributed by atoms with van der Waals surface area (Å²) in [5.74, 6) is 2.14. The molecule has 6 heteroatoms. The highest BCUT2D eigenvalue weighted by molar-refractivity contribution is 5.86. The van der Waals surface area contributed by atoms with Gasteiger partial charge in [0.15, 0.2) is 5.65 Å². The lowest BCUT2D eigenvalue weighted by Crippen LogP contribution is -2.47. The topological polar surface area (TPSA) is 60.5 Å². The van der Waals surface area contributed by atoms with Gasteiger partial charge >= 0.3 is 0 Å². The standard InChI is InChI=1S/C25H24N6/c1-3-8-19-18(2)20(17-26)24-28-21-9-4-5-10-22(21)31(24)25(19)30-15-13-29(14-16-30)23-11-6-7-12-27-23/h3-7,9-12H,1,8,13-16H2,2H3. The highest BCUT2D eigenvalue weighted by Crippen LogP contribution is 2.34. The van der Waals surface area contributed by atoms with Crippen molar-refractivity contribution in [1.29, 1.82) is 5.26 Å². The van der Waals surface area contributed by atoms with Gasteiger partial charge in [-0.25, -0.2) is 9.97 Å². The molecule has 0 aliphatic carbocycles. The van der Waals surface area contributed by atoms with E-state index < -0.39 is 0 Å². The number of nitriles is 1. The monoisotopic (exact) mass is 408 g/mol. The Morgan fingerprint density at radius 2 is 1.81 bits per heavy atom. The third-order valence-electron chi connectivity index (χ3n) is 6.11. The van der Waals surface area contributed by atoms with Crippen LogP contribution in [0.25, 0.3) is 16.7 Å². The van der Waals surface area contributed by atoms with Crippen LogP contribution in [-0.2, 0) is 6.42 Å². The molecule has 4 aromatic rings. The van der Waals surface area contributed by atoms with Crippen LogP contribution in [0.1, 0.15) is 16.7 Å². The third-order valence-corrected chi connectivity index (χ3v) is 6.11. The summed E-state index contributed by atoms with van der Waals surface area (Å²) in [6.45, 7) is 9.52. The fourth-order valence-electron chi connectivity index (χ4n) is 4.57. The molecule has 0 bridgehead atoms. The van der Waals surface area contributed by atoms with Gasteiger partial charge in [0.1, 0.15) is 17.7 Å². The third kappa shape index (κ3) is 3.10. The molecule has 0 unspecified atom stereocenters. The molecular weight excluding hydrogens is 384 g/mol. The van der Waals surface area contributed by atoms with E-state index in [9.17, 15) is 5.26 Å². The Hall–Kier alpha value is -3.85. The zero-order valence-corrected chi connectivity index (χ0v) is 17.6. The summed E-state index contributed by atoms with van der Waals surface area (Å²) in [4.78, 5) is 14.1. The number of para-hydroxylation sites is 2. The van der Waals surface area contributed by atoms with Crippen LogP contribution in [0.15, 0.2) is 61.3 Å². The summed E-state index contributed by atoms with van der Waals surface area (Å²) in [7, 11) is 0. The number of imidazole rings is 1. The van der Waals surface area contributed by atoms with Gasteiger partial charge in [0, 0.05) is 37.9 Å². The molecule has 1 aromatic carbocycles. The SMILES string of the molecule is C=CCc1c(C)c(C#N)c2nc3ccccc3n2c1N1CCN(c2ccccn2)CC1. The molecule has 3 aromatic heterocycles. The molecule has 0 N–H and O–H groups in total. The summed E-state index contributed by atoms with van der Waals surface area (Å²) in [5, 5.41) is 9.94. The molecule has 154 valence electrons. The zero-order chi connectivity index (χ0) is 21.4. The second-order valence-electron chi connectivity index (χ2n) is 7.83. The molecule has 6 nitrogen and oxygen atoms in total. The maximum absolute atomic E-state index is 9.94. The summed E-state index contributed by atoms with van der Waals surface area (Å²) in [6.07, 6.45) is 4.47. The molecule has 1 aliphatic rings. The number of allylic oxidation sites excluding steroid dienone is 1. The number of hydrogen-bond donors (Lipinski definition) is 0. The lowest BCUT2D eigenvalue weighted by molar-refractivity contribution is 0.637. The summed E-state index contributed by atoms with van der Waals surface area (Å²) in [6, 6.07) is 16.5. The molecule has 4 heterocycles. The van der Waals surface area contributed by atoms with E-state index in [1.54, 1.807) is 0 Å². The van der Waals surface area contributed by atoms with Gasteiger partial charge in [-0.15, -0.1) is 6.58 Å². The van der Waals surface area contributed by atoms with E-state index in [1.807, 2.05) is 49.5 Å². The van der Waals surface area contributed by atoms with Gasteiger partial charge in [-0.2, -0.15) is 5.26 Å². The van der Waals surface area contributed by atoms with E-state index >= 15 is 0 Å². The summed E-state index contributed by atoms with van der Waals surface area (Å²) < 4.78 is 2.18. The number of piperazine rings is 1. The highest BCUT2D eigenvalue weighted by Gasteiger charge is 2.26. The van der Waals surface area contributed by atoms with Crippen molar-refractivity contribution in [2.75, 3.05) is 36.0 Å². The van der Waals surface area contributed by atoms with Crippen LogP contribution < -0.4 is 9.80 Å². The number of pyridine rings is 2. The predicted molar refractivity (Wildman–Crippen MR) is 125 cm³/mol. The fourth-order valence-corrected chi connectivity index (χ4v) is 4.57. The van der Waals surface area contributed by atoms with Crippen molar-refractivity contribution in [3.63, 3.8) is 0 Å². The van der Waals surface area contributed by atoms with Crippen molar-refractivity contribution in [2.45, 2.75) is 13.3 Å². The second-order valence-corrected chi connectivity index (χ2v) is 7.83. The smallest absolute Gasteiger partial charge is 0.157 e. The second kappa shape index (κ2) is 7.77. The van der Waals surface area contributed by atoms with Crippen molar-refractivity contribution >= 4 is 28.3 Å². The van der Waals surface area contributed by atoms with Gasteiger partial charge in [0.2, 0.25) is 0 Å². The van der Waals surface area contributed by atoms with Crippen molar-refractivity contribution < 1.29 is 0 Å². The maximum Gasteiger partial charge on any atom is 0.157 e. The Morgan fingerprint density at radius 1 is 1.06 bits per heavy atom. The van der Waals surface area contributed by atoms with Crippen LogP contribution >= 0.6 is 0 Å². The van der Waals surface area contributed by atoms with Crippen molar-refractivity contribution in [2.24, 2.45) is 0 Å². The molecule has 0 spiro atoms.